The smallest absolute Gasteiger partial charge is 0.409 e. The molecule has 0 radical (unpaired) electrons. The van der Waals surface area contributed by atoms with Crippen LogP contribution in [0.2, 0.25) is 0 Å². The molecule has 2 amide bonds. The van der Waals surface area contributed by atoms with Crippen molar-refractivity contribution in [3.63, 3.8) is 0 Å². The van der Waals surface area contributed by atoms with Crippen LogP contribution in [0.25, 0.3) is 0 Å². The Morgan fingerprint density at radius 1 is 1.30 bits per heavy atom. The van der Waals surface area contributed by atoms with Gasteiger partial charge in [0.15, 0.2) is 0 Å². The number of para-hydroxylation sites is 1. The minimum absolute atomic E-state index is 0.147. The van der Waals surface area contributed by atoms with Crippen LogP contribution in [0, 0.1) is 5.92 Å². The topological polar surface area (TPSA) is 58.6 Å². The fraction of sp³-hybridized carbons (Fsp3) is 0.333. The fourth-order valence-electron chi connectivity index (χ4n) is 2.24. The first-order valence-corrected chi connectivity index (χ1v) is 9.13. The highest BCUT2D eigenvalue weighted by Gasteiger charge is 2.25. The number of amides is 2. The number of allylic oxidation sites excluding steroid dienone is 3. The molecule has 5 nitrogen and oxygen atoms in total. The van der Waals surface area contributed by atoms with Gasteiger partial charge in [0.05, 0.1) is 5.57 Å². The van der Waals surface area contributed by atoms with E-state index in [0.29, 0.717) is 28.4 Å². The summed E-state index contributed by atoms with van der Waals surface area (Å²) in [4.78, 5) is 26.7. The molecule has 0 aliphatic heterocycles. The molecule has 0 fully saturated rings. The minimum atomic E-state index is -0.564. The number of halogens is 1. The van der Waals surface area contributed by atoms with Gasteiger partial charge in [-0.15, -0.1) is 0 Å². The summed E-state index contributed by atoms with van der Waals surface area (Å²) in [5, 5.41) is 3.15. The zero-order valence-corrected chi connectivity index (χ0v) is 17.3. The maximum absolute atomic E-state index is 13.0. The lowest BCUT2D eigenvalue weighted by molar-refractivity contribution is -0.113. The molecule has 1 aromatic carbocycles. The van der Waals surface area contributed by atoms with E-state index in [9.17, 15) is 9.59 Å². The van der Waals surface area contributed by atoms with E-state index in [0.717, 1.165) is 0 Å². The zero-order valence-electron chi connectivity index (χ0n) is 16.5. The number of anilines is 1. The average molecular weight is 391 g/mol. The lowest BCUT2D eigenvalue weighted by Crippen LogP contribution is -2.29. The molecule has 146 valence electrons. The Labute approximate surface area is 166 Å². The molecule has 0 saturated heterocycles. The summed E-state index contributed by atoms with van der Waals surface area (Å²) < 4.78 is 5.59. The number of rotatable bonds is 7. The van der Waals surface area contributed by atoms with Crippen LogP contribution in [0.1, 0.15) is 27.7 Å². The van der Waals surface area contributed by atoms with Crippen LogP contribution < -0.4 is 5.32 Å². The van der Waals surface area contributed by atoms with Crippen LogP contribution in [0.5, 0.6) is 0 Å². The predicted octanol–water partition coefficient (Wildman–Crippen LogP) is 5.32. The summed E-state index contributed by atoms with van der Waals surface area (Å²) in [6.45, 7) is 11.3. The molecule has 6 heteroatoms. The van der Waals surface area contributed by atoms with Crippen molar-refractivity contribution in [1.29, 1.82) is 0 Å². The number of hydrogen-bond donors (Lipinski definition) is 1. The van der Waals surface area contributed by atoms with E-state index in [1.54, 1.807) is 26.1 Å². The van der Waals surface area contributed by atoms with Gasteiger partial charge < -0.3 is 15.0 Å². The average Bonchev–Trinajstić information content (AvgIpc) is 2.65. The molecular formula is C21H27ClN2O3. The highest BCUT2D eigenvalue weighted by atomic mass is 35.5. The van der Waals surface area contributed by atoms with Gasteiger partial charge in [-0.1, -0.05) is 56.3 Å². The standard InChI is InChI=1S/C21H27ClN2O3/c1-7-17(22)15(5)19(27-21(26)24(6)8-2)18(14(3)4)20(25)23-16-12-10-9-11-13-16/h7,9-14H,1,8H2,2-6H3,(H,23,25)/b17-15-,19-18-. The largest absolute Gasteiger partial charge is 0.414 e. The summed E-state index contributed by atoms with van der Waals surface area (Å²) in [6.07, 6.45) is 0.882. The number of nitrogens with one attached hydrogen (secondary N) is 1. The Morgan fingerprint density at radius 3 is 2.37 bits per heavy atom. The van der Waals surface area contributed by atoms with Crippen LogP contribution in [-0.4, -0.2) is 30.5 Å². The Kier molecular flexibility index (Phi) is 8.82. The first kappa shape index (κ1) is 22.5. The van der Waals surface area contributed by atoms with Gasteiger partial charge in [0.2, 0.25) is 0 Å². The second kappa shape index (κ2) is 10.6. The number of carbonyl (C=O) groups excluding carboxylic acids is 2. The van der Waals surface area contributed by atoms with Crippen molar-refractivity contribution in [2.45, 2.75) is 27.7 Å². The first-order valence-electron chi connectivity index (χ1n) is 8.75. The highest BCUT2D eigenvalue weighted by molar-refractivity contribution is 6.31. The minimum Gasteiger partial charge on any atom is -0.409 e. The molecular weight excluding hydrogens is 364 g/mol. The van der Waals surface area contributed by atoms with Gasteiger partial charge in [0.1, 0.15) is 5.76 Å². The lowest BCUT2D eigenvalue weighted by atomic mass is 9.97. The van der Waals surface area contributed by atoms with Crippen molar-refractivity contribution in [2.75, 3.05) is 18.9 Å². The normalized spacial score (nSPS) is 12.7. The molecule has 0 aliphatic carbocycles. The summed E-state index contributed by atoms with van der Waals surface area (Å²) in [6, 6.07) is 9.08. The summed E-state index contributed by atoms with van der Waals surface area (Å²) in [5.41, 5.74) is 1.44. The van der Waals surface area contributed by atoms with Crippen LogP contribution in [-0.2, 0) is 9.53 Å². The van der Waals surface area contributed by atoms with Crippen molar-refractivity contribution >= 4 is 29.3 Å². The van der Waals surface area contributed by atoms with Crippen molar-refractivity contribution < 1.29 is 14.3 Å². The van der Waals surface area contributed by atoms with E-state index >= 15 is 0 Å². The van der Waals surface area contributed by atoms with Gasteiger partial charge in [-0.05, 0) is 31.9 Å². The summed E-state index contributed by atoms with van der Waals surface area (Å²) in [5.74, 6) is -0.424. The third kappa shape index (κ3) is 6.29. The van der Waals surface area contributed by atoms with E-state index in [-0.39, 0.29) is 17.6 Å². The number of carbonyl (C=O) groups is 2. The third-order valence-electron chi connectivity index (χ3n) is 3.95. The van der Waals surface area contributed by atoms with Crippen molar-refractivity contribution in [1.82, 2.24) is 4.90 Å². The maximum atomic E-state index is 13.0. The number of hydrogen-bond acceptors (Lipinski definition) is 3. The molecule has 1 aromatic rings. The van der Waals surface area contributed by atoms with Gasteiger partial charge in [0, 0.05) is 29.9 Å². The van der Waals surface area contributed by atoms with Crippen LogP contribution >= 0.6 is 11.6 Å². The van der Waals surface area contributed by atoms with Gasteiger partial charge in [-0.3, -0.25) is 4.79 Å². The van der Waals surface area contributed by atoms with Crippen LogP contribution in [0.4, 0.5) is 10.5 Å². The Balaban J connectivity index is 3.46. The van der Waals surface area contributed by atoms with Crippen molar-refractivity contribution in [3.05, 3.63) is 64.9 Å². The number of benzene rings is 1. The SMILES string of the molecule is C=C/C(Cl)=C(C)/C(OC(=O)N(C)CC)=C(/C(=O)Nc1ccccc1)C(C)C. The number of ether oxygens (including phenoxy) is 1. The molecule has 27 heavy (non-hydrogen) atoms. The van der Waals surface area contributed by atoms with Gasteiger partial charge in [-0.2, -0.15) is 0 Å². The van der Waals surface area contributed by atoms with Crippen LogP contribution in [0.15, 0.2) is 64.9 Å². The Morgan fingerprint density at radius 2 is 1.89 bits per heavy atom. The zero-order chi connectivity index (χ0) is 20.6. The monoisotopic (exact) mass is 390 g/mol. The first-order chi connectivity index (χ1) is 12.7. The molecule has 0 aromatic heterocycles. The van der Waals surface area contributed by atoms with Gasteiger partial charge in [0.25, 0.3) is 5.91 Å². The third-order valence-corrected chi connectivity index (χ3v) is 4.39. The summed E-state index contributed by atoms with van der Waals surface area (Å²) in [7, 11) is 1.62. The second-order valence-corrected chi connectivity index (χ2v) is 6.68. The molecule has 0 spiro atoms. The number of nitrogens with zero attached hydrogens (tertiary/aromatic N) is 1. The molecule has 0 saturated carbocycles. The predicted molar refractivity (Wildman–Crippen MR) is 110 cm³/mol. The van der Waals surface area contributed by atoms with Crippen LogP contribution in [0.3, 0.4) is 0 Å². The lowest BCUT2D eigenvalue weighted by Gasteiger charge is -2.21. The molecule has 0 heterocycles. The maximum Gasteiger partial charge on any atom is 0.414 e. The Bertz CT molecular complexity index is 752. The molecule has 0 atom stereocenters. The van der Waals surface area contributed by atoms with E-state index in [4.69, 9.17) is 16.3 Å². The highest BCUT2D eigenvalue weighted by Crippen LogP contribution is 2.28. The molecule has 1 N–H and O–H groups in total. The van der Waals surface area contributed by atoms with Crippen molar-refractivity contribution in [3.8, 4) is 0 Å². The second-order valence-electron chi connectivity index (χ2n) is 6.28. The molecule has 0 aliphatic rings. The molecule has 0 unspecified atom stereocenters. The van der Waals surface area contributed by atoms with Crippen molar-refractivity contribution in [2.24, 2.45) is 5.92 Å². The Hall–Kier alpha value is -2.53. The van der Waals surface area contributed by atoms with E-state index in [1.165, 1.54) is 11.0 Å². The fourth-order valence-corrected chi connectivity index (χ4v) is 2.32. The van der Waals surface area contributed by atoms with Gasteiger partial charge in [-0.25, -0.2) is 4.79 Å². The van der Waals surface area contributed by atoms with E-state index in [2.05, 4.69) is 11.9 Å². The summed E-state index contributed by atoms with van der Waals surface area (Å²) >= 11 is 6.21. The molecule has 0 bridgehead atoms. The molecule has 1 rings (SSSR count). The van der Waals surface area contributed by atoms with E-state index < -0.39 is 6.09 Å². The van der Waals surface area contributed by atoms with Gasteiger partial charge >= 0.3 is 6.09 Å². The van der Waals surface area contributed by atoms with E-state index in [1.807, 2.05) is 39.0 Å². The quantitative estimate of drug-likeness (QED) is 0.389.